The van der Waals surface area contributed by atoms with Crippen LogP contribution in [0.4, 0.5) is 17.6 Å². The Kier molecular flexibility index (Phi) is 6.77. The molecule has 0 saturated heterocycles. The summed E-state index contributed by atoms with van der Waals surface area (Å²) in [7, 11) is -1.66. The smallest absolute Gasteiger partial charge is 0.389 e. The molecule has 27 heavy (non-hydrogen) atoms. The van der Waals surface area contributed by atoms with Gasteiger partial charge in [-0.2, -0.15) is 8.78 Å². The molecule has 5 nitrogen and oxygen atoms in total. The van der Waals surface area contributed by atoms with E-state index < -0.39 is 51.1 Å². The summed E-state index contributed by atoms with van der Waals surface area (Å²) >= 11 is 5.64. The number of aromatic nitrogens is 2. The van der Waals surface area contributed by atoms with Crippen molar-refractivity contribution in [3.63, 3.8) is 0 Å². The van der Waals surface area contributed by atoms with Gasteiger partial charge in [0.05, 0.1) is 21.8 Å². The van der Waals surface area contributed by atoms with E-state index in [9.17, 15) is 21.8 Å². The molecule has 1 aromatic heterocycles. The minimum atomic E-state index is -3.11. The van der Waals surface area contributed by atoms with Gasteiger partial charge in [0.1, 0.15) is 16.7 Å². The summed E-state index contributed by atoms with van der Waals surface area (Å²) < 4.78 is 71.0. The van der Waals surface area contributed by atoms with Gasteiger partial charge in [-0.3, -0.25) is 0 Å². The highest BCUT2D eigenvalue weighted by molar-refractivity contribution is 7.84. The van der Waals surface area contributed by atoms with Gasteiger partial charge in [-0.05, 0) is 26.8 Å². The van der Waals surface area contributed by atoms with Crippen LogP contribution in [0, 0.1) is 11.6 Å². The third kappa shape index (κ3) is 5.36. The van der Waals surface area contributed by atoms with Crippen molar-refractivity contribution in [1.29, 1.82) is 0 Å². The fraction of sp³-hybridized carbons (Fsp3) is 0.375. The standard InChI is InChI=1S/C16H16ClF4N3O2S/c1-16(2,3)27(25)24-13(9-4-5-10(18)11(17)12(9)19)8-6-22-15(23-7-8)26-14(20)21/h4-7,13-14,24H,1-3H3/t13?,27-/m1/s1. The zero-order chi connectivity index (χ0) is 20.4. The third-order valence-corrected chi connectivity index (χ3v) is 5.24. The number of ether oxygens (including phenoxy) is 1. The van der Waals surface area contributed by atoms with Crippen LogP contribution in [0.2, 0.25) is 5.02 Å². The highest BCUT2D eigenvalue weighted by atomic mass is 35.5. The third-order valence-electron chi connectivity index (χ3n) is 3.33. The fourth-order valence-corrected chi connectivity index (χ4v) is 2.98. The van der Waals surface area contributed by atoms with E-state index in [1.165, 1.54) is 0 Å². The number of alkyl halides is 2. The van der Waals surface area contributed by atoms with Crippen molar-refractivity contribution < 1.29 is 26.5 Å². The van der Waals surface area contributed by atoms with E-state index in [1.807, 2.05) is 0 Å². The first kappa shape index (κ1) is 21.5. The van der Waals surface area contributed by atoms with Crippen molar-refractivity contribution in [2.24, 2.45) is 0 Å². The number of rotatable bonds is 6. The molecule has 1 N–H and O–H groups in total. The van der Waals surface area contributed by atoms with Gasteiger partial charge in [-0.15, -0.1) is 0 Å². The molecule has 0 aliphatic rings. The summed E-state index contributed by atoms with van der Waals surface area (Å²) in [5, 5.41) is -0.723. The van der Waals surface area contributed by atoms with Crippen LogP contribution >= 0.6 is 11.6 Å². The zero-order valence-electron chi connectivity index (χ0n) is 14.5. The van der Waals surface area contributed by atoms with Crippen molar-refractivity contribution in [1.82, 2.24) is 14.7 Å². The zero-order valence-corrected chi connectivity index (χ0v) is 16.0. The van der Waals surface area contributed by atoms with Gasteiger partial charge in [0, 0.05) is 23.5 Å². The molecule has 1 aromatic carbocycles. The van der Waals surface area contributed by atoms with Crippen LogP contribution in [-0.4, -0.2) is 25.5 Å². The van der Waals surface area contributed by atoms with E-state index in [4.69, 9.17) is 11.6 Å². The van der Waals surface area contributed by atoms with Gasteiger partial charge in [-0.25, -0.2) is 27.7 Å². The maximum absolute atomic E-state index is 14.5. The topological polar surface area (TPSA) is 64.1 Å². The van der Waals surface area contributed by atoms with Crippen molar-refractivity contribution >= 4 is 22.6 Å². The molecule has 0 amide bonds. The predicted molar refractivity (Wildman–Crippen MR) is 92.9 cm³/mol. The molecule has 0 radical (unpaired) electrons. The lowest BCUT2D eigenvalue weighted by Crippen LogP contribution is -2.36. The van der Waals surface area contributed by atoms with Crippen LogP contribution in [0.15, 0.2) is 24.5 Å². The molecule has 0 aliphatic heterocycles. The van der Waals surface area contributed by atoms with Crippen LogP contribution in [0.1, 0.15) is 37.9 Å². The number of nitrogens with one attached hydrogen (secondary N) is 1. The van der Waals surface area contributed by atoms with Crippen molar-refractivity contribution in [3.05, 3.63) is 52.3 Å². The van der Waals surface area contributed by atoms with Crippen LogP contribution < -0.4 is 9.46 Å². The number of hydrogen-bond donors (Lipinski definition) is 1. The van der Waals surface area contributed by atoms with Crippen LogP contribution in [0.5, 0.6) is 6.01 Å². The molecule has 2 aromatic rings. The van der Waals surface area contributed by atoms with E-state index >= 15 is 0 Å². The monoisotopic (exact) mass is 425 g/mol. The molecule has 11 heteroatoms. The minimum Gasteiger partial charge on any atom is -0.401 e. The van der Waals surface area contributed by atoms with Crippen molar-refractivity contribution in [3.8, 4) is 6.01 Å². The average Bonchev–Trinajstić information content (AvgIpc) is 2.57. The van der Waals surface area contributed by atoms with Gasteiger partial charge in [-0.1, -0.05) is 17.7 Å². The van der Waals surface area contributed by atoms with E-state index in [0.29, 0.717) is 0 Å². The van der Waals surface area contributed by atoms with E-state index in [1.54, 1.807) is 20.8 Å². The summed E-state index contributed by atoms with van der Waals surface area (Å²) in [6.07, 6.45) is 2.22. The van der Waals surface area contributed by atoms with Gasteiger partial charge < -0.3 is 4.74 Å². The lowest BCUT2D eigenvalue weighted by Gasteiger charge is -2.25. The number of halogens is 5. The lowest BCUT2D eigenvalue weighted by atomic mass is 10.0. The Morgan fingerprint density at radius 2 is 1.78 bits per heavy atom. The van der Waals surface area contributed by atoms with Gasteiger partial charge in [0.15, 0.2) is 0 Å². The normalized spacial score (nSPS) is 14.3. The van der Waals surface area contributed by atoms with Gasteiger partial charge >= 0.3 is 12.6 Å². The van der Waals surface area contributed by atoms with Crippen LogP contribution in [-0.2, 0) is 11.0 Å². The Balaban J connectivity index is 2.47. The molecule has 0 aliphatic carbocycles. The fourth-order valence-electron chi connectivity index (χ4n) is 1.97. The maximum atomic E-state index is 14.5. The lowest BCUT2D eigenvalue weighted by molar-refractivity contribution is -0.0561. The van der Waals surface area contributed by atoms with Gasteiger partial charge in [0.2, 0.25) is 0 Å². The Hall–Kier alpha value is -1.78. The quantitative estimate of drug-likeness (QED) is 0.558. The first-order valence-corrected chi connectivity index (χ1v) is 9.11. The molecule has 0 fully saturated rings. The number of nitrogens with zero attached hydrogens (tertiary/aromatic N) is 2. The second-order valence-electron chi connectivity index (χ2n) is 6.37. The van der Waals surface area contributed by atoms with E-state index in [0.717, 1.165) is 24.5 Å². The summed E-state index contributed by atoms with van der Waals surface area (Å²) in [5.41, 5.74) is 0.0842. The summed E-state index contributed by atoms with van der Waals surface area (Å²) in [5.74, 6) is -2.00. The summed E-state index contributed by atoms with van der Waals surface area (Å²) in [4.78, 5) is 7.25. The number of hydrogen-bond acceptors (Lipinski definition) is 4. The Labute approximate surface area is 160 Å². The molecule has 0 saturated carbocycles. The predicted octanol–water partition coefficient (Wildman–Crippen LogP) is 4.15. The first-order valence-electron chi connectivity index (χ1n) is 7.59. The van der Waals surface area contributed by atoms with Gasteiger partial charge in [0.25, 0.3) is 0 Å². The molecule has 0 bridgehead atoms. The molecular formula is C16H16ClF4N3O2S. The van der Waals surface area contributed by atoms with Crippen molar-refractivity contribution in [2.45, 2.75) is 38.2 Å². The molecule has 2 rings (SSSR count). The molecular weight excluding hydrogens is 410 g/mol. The van der Waals surface area contributed by atoms with E-state index in [-0.39, 0.29) is 11.1 Å². The molecule has 148 valence electrons. The second kappa shape index (κ2) is 8.49. The molecule has 1 heterocycles. The maximum Gasteiger partial charge on any atom is 0.389 e. The Morgan fingerprint density at radius 1 is 1.19 bits per heavy atom. The van der Waals surface area contributed by atoms with Crippen molar-refractivity contribution in [2.75, 3.05) is 0 Å². The van der Waals surface area contributed by atoms with E-state index in [2.05, 4.69) is 19.4 Å². The highest BCUT2D eigenvalue weighted by Crippen LogP contribution is 2.31. The SMILES string of the molecule is CC(C)(C)[S@@](=O)NC(c1cnc(OC(F)F)nc1)c1ccc(F)c(Cl)c1F. The van der Waals surface area contributed by atoms with Crippen LogP contribution in [0.25, 0.3) is 0 Å². The first-order chi connectivity index (χ1) is 12.5. The molecule has 2 atom stereocenters. The highest BCUT2D eigenvalue weighted by Gasteiger charge is 2.28. The molecule has 0 spiro atoms. The minimum absolute atomic E-state index is 0.106. The van der Waals surface area contributed by atoms with Crippen LogP contribution in [0.3, 0.4) is 0 Å². The Bertz CT molecular complexity index is 832. The number of benzene rings is 1. The summed E-state index contributed by atoms with van der Waals surface area (Å²) in [6, 6.07) is 0.438. The summed E-state index contributed by atoms with van der Waals surface area (Å²) in [6.45, 7) is 1.97. The largest absolute Gasteiger partial charge is 0.401 e. The Morgan fingerprint density at radius 3 is 2.30 bits per heavy atom. The molecule has 1 unspecified atom stereocenters. The average molecular weight is 426 g/mol. The second-order valence-corrected chi connectivity index (χ2v) is 8.75.